The maximum atomic E-state index is 13.8. The molecule has 10 nitrogen and oxygen atoms in total. The average Bonchev–Trinajstić information content (AvgIpc) is 2.72. The van der Waals surface area contributed by atoms with Crippen molar-refractivity contribution in [1.29, 1.82) is 0 Å². The van der Waals surface area contributed by atoms with Crippen LogP contribution in [0.4, 0.5) is 9.59 Å². The molecule has 1 rings (SSSR count). The molecule has 0 spiro atoms. The second-order valence-corrected chi connectivity index (χ2v) is 8.30. The van der Waals surface area contributed by atoms with Gasteiger partial charge in [0, 0.05) is 5.56 Å². The van der Waals surface area contributed by atoms with Crippen LogP contribution in [0, 0.1) is 0 Å². The molecule has 0 aliphatic carbocycles. The van der Waals surface area contributed by atoms with Crippen LogP contribution in [-0.4, -0.2) is 54.7 Å². The van der Waals surface area contributed by atoms with Crippen molar-refractivity contribution in [2.45, 2.75) is 39.9 Å². The third kappa shape index (κ3) is 5.59. The van der Waals surface area contributed by atoms with Crippen LogP contribution in [0.1, 0.15) is 45.0 Å². The van der Waals surface area contributed by atoms with Crippen LogP contribution in [0.15, 0.2) is 30.3 Å². The van der Waals surface area contributed by atoms with Gasteiger partial charge < -0.3 is 18.5 Å². The van der Waals surface area contributed by atoms with Gasteiger partial charge in [0.05, 0.1) is 26.4 Å². The van der Waals surface area contributed by atoms with Gasteiger partial charge in [0.2, 0.25) is 11.1 Å². The van der Waals surface area contributed by atoms with Crippen LogP contribution < -0.4 is 5.43 Å². The lowest BCUT2D eigenvalue weighted by atomic mass is 10.0. The molecule has 1 atom stereocenters. The molecule has 0 saturated heterocycles. The van der Waals surface area contributed by atoms with Crippen LogP contribution in [0.3, 0.4) is 0 Å². The highest BCUT2D eigenvalue weighted by atomic mass is 31.2. The summed E-state index contributed by atoms with van der Waals surface area (Å²) in [6.07, 6.45) is -2.17. The number of amides is 2. The number of hydrazine groups is 1. The van der Waals surface area contributed by atoms with Gasteiger partial charge in [-0.25, -0.2) is 15.0 Å². The molecule has 1 aromatic rings. The number of nitrogens with one attached hydrogen (secondary N) is 1. The summed E-state index contributed by atoms with van der Waals surface area (Å²) in [6.45, 7) is 7.20. The number of ketones is 1. The van der Waals surface area contributed by atoms with Gasteiger partial charge >= 0.3 is 19.8 Å². The molecule has 0 aliphatic rings. The minimum atomic E-state index is -4.37. The normalized spacial score (nSPS) is 13.1. The van der Waals surface area contributed by atoms with Crippen molar-refractivity contribution in [3.8, 4) is 0 Å². The Balaban J connectivity index is 3.71. The molecule has 11 heteroatoms. The molecular formula is C19H29N2O8P. The van der Waals surface area contributed by atoms with Crippen molar-refractivity contribution >= 4 is 25.6 Å². The fraction of sp³-hybridized carbons (Fsp3) is 0.526. The predicted molar refractivity (Wildman–Crippen MR) is 109 cm³/mol. The third-order valence-electron chi connectivity index (χ3n) is 3.96. The molecule has 0 fully saturated rings. The van der Waals surface area contributed by atoms with E-state index >= 15 is 0 Å². The predicted octanol–water partition coefficient (Wildman–Crippen LogP) is 3.97. The summed E-state index contributed by atoms with van der Waals surface area (Å²) in [5.41, 5.74) is 2.29. The van der Waals surface area contributed by atoms with E-state index in [1.807, 2.05) is 0 Å². The Labute approximate surface area is 176 Å². The summed E-state index contributed by atoms with van der Waals surface area (Å²) in [5, 5.41) is -1.77. The van der Waals surface area contributed by atoms with Gasteiger partial charge in [-0.2, -0.15) is 5.01 Å². The van der Waals surface area contributed by atoms with Crippen molar-refractivity contribution in [3.05, 3.63) is 35.9 Å². The van der Waals surface area contributed by atoms with E-state index in [0.717, 1.165) is 0 Å². The number of ether oxygens (including phenoxy) is 2. The monoisotopic (exact) mass is 444 g/mol. The van der Waals surface area contributed by atoms with Crippen LogP contribution >= 0.6 is 7.60 Å². The number of rotatable bonds is 10. The lowest BCUT2D eigenvalue weighted by molar-refractivity contribution is 0.0322. The Morgan fingerprint density at radius 2 is 1.47 bits per heavy atom. The van der Waals surface area contributed by atoms with Crippen LogP contribution in [0.5, 0.6) is 0 Å². The second-order valence-electron chi connectivity index (χ2n) is 5.92. The molecule has 1 unspecified atom stereocenters. The highest BCUT2D eigenvalue weighted by Crippen LogP contribution is 2.62. The van der Waals surface area contributed by atoms with Crippen molar-refractivity contribution in [3.63, 3.8) is 0 Å². The Morgan fingerprint density at radius 3 is 1.93 bits per heavy atom. The van der Waals surface area contributed by atoms with Gasteiger partial charge in [0.15, 0.2) is 0 Å². The van der Waals surface area contributed by atoms with E-state index in [1.54, 1.807) is 45.9 Å². The summed E-state index contributed by atoms with van der Waals surface area (Å²) in [6, 6.07) is 7.87. The summed E-state index contributed by atoms with van der Waals surface area (Å²) in [4.78, 5) is 38.5. The van der Waals surface area contributed by atoms with Crippen LogP contribution in [-0.2, 0) is 23.1 Å². The first-order valence-electron chi connectivity index (χ1n) is 9.61. The number of Topliss-reactive ketones (excluding diaryl/α,β-unsaturated/α-hetero) is 1. The van der Waals surface area contributed by atoms with Gasteiger partial charge in [-0.3, -0.25) is 9.36 Å². The highest BCUT2D eigenvalue weighted by molar-refractivity contribution is 7.56. The Bertz CT molecular complexity index is 763. The van der Waals surface area contributed by atoms with Gasteiger partial charge in [0.25, 0.3) is 0 Å². The number of hydrogen-bond donors (Lipinski definition) is 1. The molecule has 0 saturated carbocycles. The molecule has 1 aromatic carbocycles. The minimum Gasteiger partial charge on any atom is -0.449 e. The number of carbonyl (C=O) groups is 3. The van der Waals surface area contributed by atoms with E-state index < -0.39 is 30.8 Å². The topological polar surface area (TPSA) is 120 Å². The van der Waals surface area contributed by atoms with Crippen molar-refractivity contribution in [1.82, 2.24) is 10.4 Å². The van der Waals surface area contributed by atoms with E-state index in [0.29, 0.717) is 5.01 Å². The molecule has 0 aromatic heterocycles. The van der Waals surface area contributed by atoms with Gasteiger partial charge in [-0.15, -0.1) is 0 Å². The molecule has 30 heavy (non-hydrogen) atoms. The van der Waals surface area contributed by atoms with Crippen molar-refractivity contribution in [2.24, 2.45) is 0 Å². The smallest absolute Gasteiger partial charge is 0.430 e. The molecule has 168 valence electrons. The van der Waals surface area contributed by atoms with E-state index in [9.17, 15) is 18.9 Å². The van der Waals surface area contributed by atoms with Gasteiger partial charge in [-0.05, 0) is 34.6 Å². The molecule has 0 radical (unpaired) electrons. The Morgan fingerprint density at radius 1 is 0.933 bits per heavy atom. The Hall–Kier alpha value is -2.42. The van der Waals surface area contributed by atoms with E-state index in [2.05, 4.69) is 5.43 Å². The quantitative estimate of drug-likeness (QED) is 0.327. The first kappa shape index (κ1) is 25.6. The van der Waals surface area contributed by atoms with Crippen molar-refractivity contribution in [2.75, 3.05) is 26.4 Å². The maximum Gasteiger partial charge on any atom is 0.430 e. The number of nitrogens with zero attached hydrogens (tertiary/aromatic N) is 1. The number of benzene rings is 1. The molecule has 0 heterocycles. The zero-order valence-electron chi connectivity index (χ0n) is 17.9. The average molecular weight is 444 g/mol. The van der Waals surface area contributed by atoms with Crippen molar-refractivity contribution < 1.29 is 37.5 Å². The molecular weight excluding hydrogens is 415 g/mol. The standard InChI is InChI=1S/C19H29N2O8P/c1-6-26-17(23)20-21(18(24)27-7-2)19(5,30(25,28-8-3)29-9-4)16(22)15-13-11-10-12-14-15/h10-14H,6-9H2,1-5H3,(H,20,23). The summed E-state index contributed by atoms with van der Waals surface area (Å²) < 4.78 is 34.5. The maximum absolute atomic E-state index is 13.8. The van der Waals surface area contributed by atoms with Crippen LogP contribution in [0.2, 0.25) is 0 Å². The molecule has 0 aliphatic heterocycles. The highest BCUT2D eigenvalue weighted by Gasteiger charge is 2.60. The Kier molecular flexibility index (Phi) is 9.98. The largest absolute Gasteiger partial charge is 0.449 e. The first-order valence-corrected chi connectivity index (χ1v) is 11.1. The molecule has 0 bridgehead atoms. The molecule has 1 N–H and O–H groups in total. The fourth-order valence-electron chi connectivity index (χ4n) is 2.61. The summed E-state index contributed by atoms with van der Waals surface area (Å²) >= 11 is 0. The van der Waals surface area contributed by atoms with Gasteiger partial charge in [0.1, 0.15) is 0 Å². The number of carbonyl (C=O) groups excluding carboxylic acids is 3. The SMILES string of the molecule is CCOC(=O)NN(C(=O)OCC)C(C)(C(=O)c1ccccc1)P(=O)(OCC)OCC. The lowest BCUT2D eigenvalue weighted by Gasteiger charge is -2.41. The second kappa shape index (κ2) is 11.7. The first-order chi connectivity index (χ1) is 14.2. The summed E-state index contributed by atoms with van der Waals surface area (Å²) in [5.74, 6) is -0.779. The van der Waals surface area contributed by atoms with E-state index in [1.165, 1.54) is 19.1 Å². The van der Waals surface area contributed by atoms with Gasteiger partial charge in [-0.1, -0.05) is 30.3 Å². The van der Waals surface area contributed by atoms with E-state index in [-0.39, 0.29) is 32.0 Å². The van der Waals surface area contributed by atoms with Crippen LogP contribution in [0.25, 0.3) is 0 Å². The zero-order valence-corrected chi connectivity index (χ0v) is 18.8. The molecule has 2 amide bonds. The lowest BCUT2D eigenvalue weighted by Crippen LogP contribution is -2.62. The zero-order chi connectivity index (χ0) is 22.8. The number of hydrogen-bond acceptors (Lipinski definition) is 8. The minimum absolute atomic E-state index is 0.000422. The summed E-state index contributed by atoms with van der Waals surface area (Å²) in [7, 11) is -4.37. The fourth-order valence-corrected chi connectivity index (χ4v) is 4.63. The van der Waals surface area contributed by atoms with E-state index in [4.69, 9.17) is 18.5 Å². The third-order valence-corrected chi connectivity index (χ3v) is 6.63.